The zero-order valence-corrected chi connectivity index (χ0v) is 11.1. The average Bonchev–Trinajstić information content (AvgIpc) is 2.33. The smallest absolute Gasteiger partial charge is 0.293 e. The summed E-state index contributed by atoms with van der Waals surface area (Å²) < 4.78 is 0. The molecule has 0 aliphatic heterocycles. The number of nitro groups is 1. The summed E-state index contributed by atoms with van der Waals surface area (Å²) in [4.78, 5) is 12.6. The van der Waals surface area contributed by atoms with Gasteiger partial charge in [0.05, 0.1) is 4.92 Å². The first-order valence-corrected chi connectivity index (χ1v) is 6.52. The molecule has 104 valence electrons. The van der Waals surface area contributed by atoms with E-state index < -0.39 is 4.92 Å². The van der Waals surface area contributed by atoms with Crippen LogP contribution in [0.15, 0.2) is 18.2 Å². The summed E-state index contributed by atoms with van der Waals surface area (Å²) in [6.07, 6.45) is 3.98. The largest absolute Gasteiger partial charge is 0.318 e. The fraction of sp³-hybridized carbons (Fsp3) is 0.538. The maximum Gasteiger partial charge on any atom is 0.293 e. The molecule has 1 fully saturated rings. The molecule has 19 heavy (non-hydrogen) atoms. The van der Waals surface area contributed by atoms with Crippen molar-refractivity contribution in [2.45, 2.75) is 25.8 Å². The predicted molar refractivity (Wildman–Crippen MR) is 74.6 cm³/mol. The molecule has 0 unspecified atom stereocenters. The lowest BCUT2D eigenvalue weighted by Gasteiger charge is -2.30. The van der Waals surface area contributed by atoms with E-state index >= 15 is 0 Å². The van der Waals surface area contributed by atoms with Gasteiger partial charge in [0.15, 0.2) is 0 Å². The summed E-state index contributed by atoms with van der Waals surface area (Å²) in [6, 6.07) is 5.04. The summed E-state index contributed by atoms with van der Waals surface area (Å²) in [6.45, 7) is 1.87. The van der Waals surface area contributed by atoms with Gasteiger partial charge in [-0.2, -0.15) is 0 Å². The van der Waals surface area contributed by atoms with Crippen LogP contribution in [-0.2, 0) is 6.54 Å². The molecule has 6 nitrogen and oxygen atoms in total. The average molecular weight is 264 g/mol. The molecule has 1 saturated carbocycles. The number of hydrazine groups is 1. The van der Waals surface area contributed by atoms with Crippen molar-refractivity contribution in [3.63, 3.8) is 0 Å². The van der Waals surface area contributed by atoms with E-state index in [4.69, 9.17) is 5.84 Å². The lowest BCUT2D eigenvalue weighted by Crippen LogP contribution is -2.29. The highest BCUT2D eigenvalue weighted by Crippen LogP contribution is 2.28. The Labute approximate surface area is 112 Å². The Kier molecular flexibility index (Phi) is 4.34. The first-order valence-electron chi connectivity index (χ1n) is 6.52. The van der Waals surface area contributed by atoms with Gasteiger partial charge in [0.2, 0.25) is 0 Å². The van der Waals surface area contributed by atoms with E-state index in [-0.39, 0.29) is 5.69 Å². The number of nitrogens with two attached hydrogens (primary N) is 1. The molecule has 0 bridgehead atoms. The van der Waals surface area contributed by atoms with Gasteiger partial charge in [-0.25, -0.2) is 0 Å². The third kappa shape index (κ3) is 3.42. The van der Waals surface area contributed by atoms with Gasteiger partial charge < -0.3 is 10.3 Å². The number of anilines is 1. The molecule has 1 aliphatic rings. The summed E-state index contributed by atoms with van der Waals surface area (Å²) in [5.41, 5.74) is 3.79. The number of benzene rings is 1. The molecular weight excluding hydrogens is 244 g/mol. The van der Waals surface area contributed by atoms with Crippen LogP contribution < -0.4 is 11.3 Å². The van der Waals surface area contributed by atoms with Gasteiger partial charge in [-0.3, -0.25) is 16.0 Å². The second-order valence-electron chi connectivity index (χ2n) is 5.25. The van der Waals surface area contributed by atoms with Crippen LogP contribution in [0.5, 0.6) is 0 Å². The second-order valence-corrected chi connectivity index (χ2v) is 5.25. The molecule has 0 atom stereocenters. The van der Waals surface area contributed by atoms with Gasteiger partial charge >= 0.3 is 0 Å². The third-order valence-corrected chi connectivity index (χ3v) is 3.66. The minimum atomic E-state index is -0.433. The molecule has 0 radical (unpaired) electrons. The van der Waals surface area contributed by atoms with Crippen molar-refractivity contribution < 1.29 is 4.92 Å². The Balaban J connectivity index is 2.01. The monoisotopic (exact) mass is 264 g/mol. The van der Waals surface area contributed by atoms with Crippen molar-refractivity contribution in [1.29, 1.82) is 0 Å². The Morgan fingerprint density at radius 1 is 1.53 bits per heavy atom. The minimum absolute atomic E-state index is 0.00731. The molecule has 1 aromatic carbocycles. The lowest BCUT2D eigenvalue weighted by molar-refractivity contribution is -0.384. The van der Waals surface area contributed by atoms with E-state index in [0.717, 1.165) is 24.6 Å². The molecule has 0 spiro atoms. The zero-order valence-electron chi connectivity index (χ0n) is 11.1. The Morgan fingerprint density at radius 2 is 2.26 bits per heavy atom. The van der Waals surface area contributed by atoms with Crippen LogP contribution in [0.1, 0.15) is 24.8 Å². The normalized spacial score (nSPS) is 15.3. The number of rotatable bonds is 6. The van der Waals surface area contributed by atoms with E-state index in [1.165, 1.54) is 25.3 Å². The van der Waals surface area contributed by atoms with Crippen molar-refractivity contribution >= 4 is 11.4 Å². The quantitative estimate of drug-likeness (QED) is 0.467. The van der Waals surface area contributed by atoms with Crippen molar-refractivity contribution in [3.05, 3.63) is 33.9 Å². The number of nitrogens with one attached hydrogen (secondary N) is 1. The molecule has 0 heterocycles. The summed E-state index contributed by atoms with van der Waals surface area (Å²) in [7, 11) is 2.08. The van der Waals surface area contributed by atoms with Crippen LogP contribution in [0.25, 0.3) is 0 Å². The Morgan fingerprint density at radius 3 is 2.79 bits per heavy atom. The van der Waals surface area contributed by atoms with Crippen LogP contribution in [0, 0.1) is 16.0 Å². The summed E-state index contributed by atoms with van der Waals surface area (Å²) in [5.74, 6) is 6.15. The van der Waals surface area contributed by atoms with Crippen molar-refractivity contribution in [3.8, 4) is 0 Å². The highest BCUT2D eigenvalue weighted by atomic mass is 16.6. The molecular formula is C13H20N4O2. The maximum absolute atomic E-state index is 10.8. The van der Waals surface area contributed by atoms with Crippen molar-refractivity contribution in [1.82, 2.24) is 4.90 Å². The summed E-state index contributed by atoms with van der Waals surface area (Å²) in [5, 5.41) is 10.8. The van der Waals surface area contributed by atoms with Gasteiger partial charge in [0.25, 0.3) is 5.69 Å². The highest BCUT2D eigenvalue weighted by molar-refractivity contribution is 5.62. The second kappa shape index (κ2) is 5.99. The zero-order chi connectivity index (χ0) is 13.8. The van der Waals surface area contributed by atoms with Crippen LogP contribution >= 0.6 is 0 Å². The van der Waals surface area contributed by atoms with Crippen LogP contribution in [0.2, 0.25) is 0 Å². The predicted octanol–water partition coefficient (Wildman–Crippen LogP) is 2.11. The summed E-state index contributed by atoms with van der Waals surface area (Å²) >= 11 is 0. The van der Waals surface area contributed by atoms with Crippen LogP contribution in [0.3, 0.4) is 0 Å². The van der Waals surface area contributed by atoms with E-state index in [0.29, 0.717) is 5.69 Å². The van der Waals surface area contributed by atoms with Gasteiger partial charge in [0.1, 0.15) is 5.69 Å². The SMILES string of the molecule is CN(Cc1ccc([N+](=O)[O-])c(NN)c1)CC1CCC1. The minimum Gasteiger partial charge on any atom is -0.318 e. The molecule has 1 aromatic rings. The van der Waals surface area contributed by atoms with Crippen LogP contribution in [0.4, 0.5) is 11.4 Å². The van der Waals surface area contributed by atoms with Crippen molar-refractivity contribution in [2.75, 3.05) is 19.0 Å². The Bertz CT molecular complexity index is 460. The van der Waals surface area contributed by atoms with E-state index in [1.54, 1.807) is 12.1 Å². The van der Waals surface area contributed by atoms with E-state index in [9.17, 15) is 10.1 Å². The topological polar surface area (TPSA) is 84.4 Å². The molecule has 0 aromatic heterocycles. The molecule has 2 rings (SSSR count). The van der Waals surface area contributed by atoms with Gasteiger partial charge in [-0.15, -0.1) is 0 Å². The Hall–Kier alpha value is -1.66. The fourth-order valence-electron chi connectivity index (χ4n) is 2.45. The third-order valence-electron chi connectivity index (χ3n) is 3.66. The first-order chi connectivity index (χ1) is 9.10. The fourth-order valence-corrected chi connectivity index (χ4v) is 2.45. The van der Waals surface area contributed by atoms with Crippen LogP contribution in [-0.4, -0.2) is 23.4 Å². The molecule has 3 N–H and O–H groups in total. The van der Waals surface area contributed by atoms with Crippen molar-refractivity contribution in [2.24, 2.45) is 11.8 Å². The highest BCUT2D eigenvalue weighted by Gasteiger charge is 2.19. The number of hydrogen-bond acceptors (Lipinski definition) is 5. The molecule has 0 saturated heterocycles. The maximum atomic E-state index is 10.8. The number of nitrogens with zero attached hydrogens (tertiary/aromatic N) is 2. The van der Waals surface area contributed by atoms with Gasteiger partial charge in [-0.05, 0) is 37.4 Å². The van der Waals surface area contributed by atoms with Gasteiger partial charge in [-0.1, -0.05) is 12.5 Å². The lowest BCUT2D eigenvalue weighted by atomic mass is 9.85. The number of nitrogen functional groups attached to an aromatic ring is 1. The number of hydrogen-bond donors (Lipinski definition) is 2. The molecule has 0 amide bonds. The van der Waals surface area contributed by atoms with E-state index in [2.05, 4.69) is 17.4 Å². The molecule has 6 heteroatoms. The molecule has 1 aliphatic carbocycles. The number of nitro benzene ring substituents is 1. The van der Waals surface area contributed by atoms with E-state index in [1.807, 2.05) is 0 Å². The standard InChI is InChI=1S/C13H20N4O2/c1-16(8-10-3-2-4-10)9-11-5-6-13(17(18)19)12(7-11)15-14/h5-7,10,15H,2-4,8-9,14H2,1H3. The first kappa shape index (κ1) is 13.8. The van der Waals surface area contributed by atoms with Gasteiger partial charge in [0, 0.05) is 19.2 Å².